The Morgan fingerprint density at radius 3 is 2.65 bits per heavy atom. The predicted octanol–water partition coefficient (Wildman–Crippen LogP) is 1.27. The van der Waals surface area contributed by atoms with Gasteiger partial charge in [0.1, 0.15) is 5.76 Å². The van der Waals surface area contributed by atoms with E-state index in [0.29, 0.717) is 5.76 Å². The van der Waals surface area contributed by atoms with Crippen LogP contribution in [0.4, 0.5) is 17.2 Å². The number of nitrogens with one attached hydrogen (secondary N) is 1. The van der Waals surface area contributed by atoms with Gasteiger partial charge in [0.25, 0.3) is 15.7 Å². The summed E-state index contributed by atoms with van der Waals surface area (Å²) in [7, 11) is -4.19. The number of aryl methyl sites for hydroxylation is 1. The summed E-state index contributed by atoms with van der Waals surface area (Å²) in [6.45, 7) is 1.58. The van der Waals surface area contributed by atoms with Gasteiger partial charge in [-0.2, -0.15) is 0 Å². The summed E-state index contributed by atoms with van der Waals surface area (Å²) < 4.78 is 31.1. The lowest BCUT2D eigenvalue weighted by Gasteiger charge is -2.06. The standard InChI is InChI=1S/C10H10N4O5S/c1-6-4-10(12-19-6)13-20(17,18)9-5-7(11)2-3-8(9)14(15)16/h2-5H,11H2,1H3,(H,12,13). The molecule has 0 radical (unpaired) electrons. The first-order valence-corrected chi connectivity index (χ1v) is 6.78. The predicted molar refractivity (Wildman–Crippen MR) is 69.6 cm³/mol. The van der Waals surface area contributed by atoms with Crippen LogP contribution in [0, 0.1) is 17.0 Å². The van der Waals surface area contributed by atoms with E-state index >= 15 is 0 Å². The molecule has 0 saturated carbocycles. The molecule has 2 aromatic rings. The van der Waals surface area contributed by atoms with E-state index in [1.807, 2.05) is 0 Å². The van der Waals surface area contributed by atoms with Gasteiger partial charge >= 0.3 is 0 Å². The summed E-state index contributed by atoms with van der Waals surface area (Å²) in [6, 6.07) is 4.62. The molecule has 2 rings (SSSR count). The number of nitrogen functional groups attached to an aromatic ring is 1. The molecule has 3 N–H and O–H groups in total. The van der Waals surface area contributed by atoms with Gasteiger partial charge < -0.3 is 10.3 Å². The van der Waals surface area contributed by atoms with Crippen molar-refractivity contribution in [2.75, 3.05) is 10.5 Å². The lowest BCUT2D eigenvalue weighted by molar-refractivity contribution is -0.387. The van der Waals surface area contributed by atoms with E-state index in [1.54, 1.807) is 6.92 Å². The molecule has 0 aliphatic heterocycles. The van der Waals surface area contributed by atoms with Crippen molar-refractivity contribution in [2.45, 2.75) is 11.8 Å². The minimum atomic E-state index is -4.19. The molecular weight excluding hydrogens is 288 g/mol. The molecule has 1 aromatic heterocycles. The molecule has 0 aliphatic rings. The van der Waals surface area contributed by atoms with Gasteiger partial charge in [0.05, 0.1) is 4.92 Å². The zero-order chi connectivity index (χ0) is 14.9. The average molecular weight is 298 g/mol. The van der Waals surface area contributed by atoms with Crippen molar-refractivity contribution in [1.82, 2.24) is 5.16 Å². The Labute approximate surface area is 113 Å². The number of nitro groups is 1. The van der Waals surface area contributed by atoms with Crippen LogP contribution in [0.15, 0.2) is 33.7 Å². The highest BCUT2D eigenvalue weighted by Gasteiger charge is 2.26. The molecular formula is C10H10N4O5S. The van der Waals surface area contributed by atoms with Gasteiger partial charge in [-0.1, -0.05) is 5.16 Å². The molecule has 0 amide bonds. The van der Waals surface area contributed by atoms with Gasteiger partial charge in [-0.3, -0.25) is 14.8 Å². The topological polar surface area (TPSA) is 141 Å². The second-order valence-corrected chi connectivity index (χ2v) is 5.56. The number of nitrogens with zero attached hydrogens (tertiary/aromatic N) is 2. The van der Waals surface area contributed by atoms with Crippen molar-refractivity contribution < 1.29 is 17.9 Å². The van der Waals surface area contributed by atoms with Crippen LogP contribution >= 0.6 is 0 Å². The van der Waals surface area contributed by atoms with Crippen LogP contribution in [0.3, 0.4) is 0 Å². The summed E-state index contributed by atoms with van der Waals surface area (Å²) in [5.41, 5.74) is 4.99. The molecule has 0 unspecified atom stereocenters. The van der Waals surface area contributed by atoms with Gasteiger partial charge in [0.2, 0.25) is 0 Å². The summed E-state index contributed by atoms with van der Waals surface area (Å²) in [6.07, 6.45) is 0. The van der Waals surface area contributed by atoms with Gasteiger partial charge in [0, 0.05) is 17.8 Å². The van der Waals surface area contributed by atoms with Crippen LogP contribution in [0.5, 0.6) is 0 Å². The molecule has 106 valence electrons. The molecule has 9 nitrogen and oxygen atoms in total. The molecule has 0 aliphatic carbocycles. The summed E-state index contributed by atoms with van der Waals surface area (Å²) in [4.78, 5) is 9.53. The summed E-state index contributed by atoms with van der Waals surface area (Å²) in [5, 5.41) is 14.3. The third-order valence-corrected chi connectivity index (χ3v) is 3.72. The van der Waals surface area contributed by atoms with E-state index in [9.17, 15) is 18.5 Å². The van der Waals surface area contributed by atoms with Crippen LogP contribution in [0.25, 0.3) is 0 Å². The number of rotatable bonds is 4. The maximum Gasteiger partial charge on any atom is 0.290 e. The number of aromatic nitrogens is 1. The first-order chi connectivity index (χ1) is 9.29. The zero-order valence-corrected chi connectivity index (χ0v) is 11.0. The van der Waals surface area contributed by atoms with Crippen molar-refractivity contribution in [1.29, 1.82) is 0 Å². The number of nitrogens with two attached hydrogens (primary N) is 1. The Morgan fingerprint density at radius 1 is 1.40 bits per heavy atom. The molecule has 0 spiro atoms. The average Bonchev–Trinajstić information content (AvgIpc) is 2.73. The van der Waals surface area contributed by atoms with Gasteiger partial charge in [0.15, 0.2) is 10.7 Å². The van der Waals surface area contributed by atoms with Crippen molar-refractivity contribution in [3.63, 3.8) is 0 Å². The van der Waals surface area contributed by atoms with E-state index in [0.717, 1.165) is 12.1 Å². The van der Waals surface area contributed by atoms with E-state index in [-0.39, 0.29) is 11.5 Å². The largest absolute Gasteiger partial charge is 0.399 e. The highest BCUT2D eigenvalue weighted by Crippen LogP contribution is 2.27. The maximum atomic E-state index is 12.1. The molecule has 1 heterocycles. The zero-order valence-electron chi connectivity index (χ0n) is 10.2. The molecule has 0 atom stereocenters. The van der Waals surface area contributed by atoms with Crippen LogP contribution < -0.4 is 10.5 Å². The monoisotopic (exact) mass is 298 g/mol. The minimum Gasteiger partial charge on any atom is -0.399 e. The fourth-order valence-electron chi connectivity index (χ4n) is 1.50. The molecule has 10 heteroatoms. The van der Waals surface area contributed by atoms with Crippen LogP contribution in [-0.4, -0.2) is 18.5 Å². The van der Waals surface area contributed by atoms with Crippen LogP contribution in [0.2, 0.25) is 0 Å². The number of sulfonamides is 1. The minimum absolute atomic E-state index is 0.0702. The Balaban J connectivity index is 2.48. The van der Waals surface area contributed by atoms with Crippen molar-refractivity contribution in [3.05, 3.63) is 40.1 Å². The van der Waals surface area contributed by atoms with Crippen LogP contribution in [-0.2, 0) is 10.0 Å². The number of anilines is 2. The summed E-state index contributed by atoms with van der Waals surface area (Å²) >= 11 is 0. The van der Waals surface area contributed by atoms with E-state index in [2.05, 4.69) is 9.88 Å². The Bertz CT molecular complexity index is 768. The van der Waals surface area contributed by atoms with Crippen molar-refractivity contribution in [2.24, 2.45) is 0 Å². The van der Waals surface area contributed by atoms with Crippen molar-refractivity contribution >= 4 is 27.2 Å². The Hall–Kier alpha value is -2.62. The summed E-state index contributed by atoms with van der Waals surface area (Å²) in [5.74, 6) is 0.323. The quantitative estimate of drug-likeness (QED) is 0.491. The van der Waals surface area contributed by atoms with E-state index < -0.39 is 25.5 Å². The molecule has 0 saturated heterocycles. The molecule has 0 fully saturated rings. The fourth-order valence-corrected chi connectivity index (χ4v) is 2.69. The SMILES string of the molecule is Cc1cc(NS(=O)(=O)c2cc(N)ccc2[N+](=O)[O-])no1. The number of nitro benzene ring substituents is 1. The second-order valence-electron chi connectivity index (χ2n) is 3.91. The lowest BCUT2D eigenvalue weighted by Crippen LogP contribution is -2.15. The highest BCUT2D eigenvalue weighted by molar-refractivity contribution is 7.92. The smallest absolute Gasteiger partial charge is 0.290 e. The first-order valence-electron chi connectivity index (χ1n) is 5.29. The third-order valence-electron chi connectivity index (χ3n) is 2.34. The number of benzene rings is 1. The maximum absolute atomic E-state index is 12.1. The van der Waals surface area contributed by atoms with E-state index in [1.165, 1.54) is 12.1 Å². The van der Waals surface area contributed by atoms with E-state index in [4.69, 9.17) is 10.3 Å². The fraction of sp³-hybridized carbons (Fsp3) is 0.100. The number of hydrogen-bond donors (Lipinski definition) is 2. The van der Waals surface area contributed by atoms with Gasteiger partial charge in [-0.15, -0.1) is 0 Å². The van der Waals surface area contributed by atoms with Crippen LogP contribution in [0.1, 0.15) is 5.76 Å². The third kappa shape index (κ3) is 2.69. The van der Waals surface area contributed by atoms with Gasteiger partial charge in [-0.25, -0.2) is 8.42 Å². The second kappa shape index (κ2) is 4.81. The van der Waals surface area contributed by atoms with Crippen molar-refractivity contribution in [3.8, 4) is 0 Å². The Morgan fingerprint density at radius 2 is 2.10 bits per heavy atom. The first kappa shape index (κ1) is 13.8. The molecule has 1 aromatic carbocycles. The molecule has 20 heavy (non-hydrogen) atoms. The Kier molecular flexibility index (Phi) is 3.32. The lowest BCUT2D eigenvalue weighted by atomic mass is 10.3. The normalized spacial score (nSPS) is 11.2. The van der Waals surface area contributed by atoms with Gasteiger partial charge in [-0.05, 0) is 19.1 Å². The molecule has 0 bridgehead atoms. The highest BCUT2D eigenvalue weighted by atomic mass is 32.2. The number of hydrogen-bond acceptors (Lipinski definition) is 7.